The molecule has 0 saturated heterocycles. The highest BCUT2D eigenvalue weighted by molar-refractivity contribution is 5.61. The topological polar surface area (TPSA) is 61.8 Å². The molecule has 0 spiro atoms. The zero-order chi connectivity index (χ0) is 14.5. The van der Waals surface area contributed by atoms with Crippen LogP contribution in [0.15, 0.2) is 36.4 Å². The lowest BCUT2D eigenvalue weighted by Crippen LogP contribution is -2.06. The molecule has 2 aromatic carbocycles. The largest absolute Gasteiger partial charge is 0.398 e. The minimum atomic E-state index is -0.212. The molecule has 3 nitrogen and oxygen atoms in total. The molecule has 3 N–H and O–H groups in total. The van der Waals surface area contributed by atoms with Crippen LogP contribution in [0.2, 0.25) is 0 Å². The van der Waals surface area contributed by atoms with Crippen molar-refractivity contribution < 1.29 is 4.39 Å². The Labute approximate surface area is 117 Å². The Morgan fingerprint density at radius 1 is 1.25 bits per heavy atom. The third kappa shape index (κ3) is 3.27. The molecule has 102 valence electrons. The number of benzene rings is 2. The predicted molar refractivity (Wildman–Crippen MR) is 78.9 cm³/mol. The smallest absolute Gasteiger partial charge is 0.123 e. The van der Waals surface area contributed by atoms with Crippen molar-refractivity contribution in [2.24, 2.45) is 0 Å². The lowest BCUT2D eigenvalue weighted by molar-refractivity contribution is 0.625. The van der Waals surface area contributed by atoms with E-state index in [1.807, 2.05) is 13.0 Å². The molecule has 0 radical (unpaired) electrons. The summed E-state index contributed by atoms with van der Waals surface area (Å²) < 4.78 is 13.0. The van der Waals surface area contributed by atoms with Crippen molar-refractivity contribution in [3.8, 4) is 6.07 Å². The summed E-state index contributed by atoms with van der Waals surface area (Å²) in [5, 5.41) is 12.2. The number of nitrogen functional groups attached to an aromatic ring is 1. The minimum absolute atomic E-state index is 0.212. The lowest BCUT2D eigenvalue weighted by atomic mass is 10.1. The van der Waals surface area contributed by atoms with E-state index < -0.39 is 0 Å². The fourth-order valence-corrected chi connectivity index (χ4v) is 2.04. The Hall–Kier alpha value is -2.54. The standard InChI is InChI=1S/C16H16FN3/c1-11-8-14(17)3-2-12(11)6-7-20-15-4-5-16(19)13(9-15)10-18/h2-5,8-9,20H,6-7,19H2,1H3. The first-order valence-corrected chi connectivity index (χ1v) is 6.38. The van der Waals surface area contributed by atoms with Gasteiger partial charge in [0.2, 0.25) is 0 Å². The van der Waals surface area contributed by atoms with Crippen LogP contribution >= 0.6 is 0 Å². The molecule has 4 heteroatoms. The van der Waals surface area contributed by atoms with Gasteiger partial charge in [-0.15, -0.1) is 0 Å². The average Bonchev–Trinajstić information content (AvgIpc) is 2.43. The van der Waals surface area contributed by atoms with Crippen LogP contribution in [-0.4, -0.2) is 6.54 Å². The number of halogens is 1. The number of nitrogens with two attached hydrogens (primary N) is 1. The molecule has 0 atom stereocenters. The van der Waals surface area contributed by atoms with Gasteiger partial charge in [-0.25, -0.2) is 4.39 Å². The van der Waals surface area contributed by atoms with Gasteiger partial charge in [-0.05, 0) is 54.8 Å². The van der Waals surface area contributed by atoms with Crippen LogP contribution in [0.1, 0.15) is 16.7 Å². The van der Waals surface area contributed by atoms with Crippen molar-refractivity contribution in [2.45, 2.75) is 13.3 Å². The summed E-state index contributed by atoms with van der Waals surface area (Å²) >= 11 is 0. The number of hydrogen-bond donors (Lipinski definition) is 2. The molecule has 0 amide bonds. The first-order chi connectivity index (χ1) is 9.60. The zero-order valence-corrected chi connectivity index (χ0v) is 11.3. The van der Waals surface area contributed by atoms with Crippen molar-refractivity contribution in [3.63, 3.8) is 0 Å². The number of nitriles is 1. The van der Waals surface area contributed by atoms with Gasteiger partial charge < -0.3 is 11.1 Å². The van der Waals surface area contributed by atoms with Crippen molar-refractivity contribution in [3.05, 3.63) is 58.9 Å². The first kappa shape index (κ1) is 13.9. The third-order valence-corrected chi connectivity index (χ3v) is 3.20. The van der Waals surface area contributed by atoms with Crippen molar-refractivity contribution in [2.75, 3.05) is 17.6 Å². The van der Waals surface area contributed by atoms with E-state index in [-0.39, 0.29) is 5.82 Å². The summed E-state index contributed by atoms with van der Waals surface area (Å²) in [5.41, 5.74) is 9.52. The van der Waals surface area contributed by atoms with Gasteiger partial charge in [0.05, 0.1) is 5.56 Å². The summed E-state index contributed by atoms with van der Waals surface area (Å²) in [6, 6.07) is 12.1. The van der Waals surface area contributed by atoms with E-state index in [9.17, 15) is 4.39 Å². The van der Waals surface area contributed by atoms with E-state index in [1.165, 1.54) is 12.1 Å². The summed E-state index contributed by atoms with van der Waals surface area (Å²) in [5.74, 6) is -0.212. The fraction of sp³-hybridized carbons (Fsp3) is 0.188. The molecular formula is C16H16FN3. The van der Waals surface area contributed by atoms with Crippen LogP contribution in [0.3, 0.4) is 0 Å². The Morgan fingerprint density at radius 3 is 2.75 bits per heavy atom. The van der Waals surface area contributed by atoms with E-state index in [1.54, 1.807) is 18.2 Å². The second-order valence-electron chi connectivity index (χ2n) is 4.66. The van der Waals surface area contributed by atoms with E-state index >= 15 is 0 Å². The Kier molecular flexibility index (Phi) is 4.21. The predicted octanol–water partition coefficient (Wildman–Crippen LogP) is 3.24. The van der Waals surface area contributed by atoms with Crippen LogP contribution in [0.4, 0.5) is 15.8 Å². The van der Waals surface area contributed by atoms with Crippen molar-refractivity contribution in [1.82, 2.24) is 0 Å². The summed E-state index contributed by atoms with van der Waals surface area (Å²) in [6.07, 6.45) is 0.790. The Bertz CT molecular complexity index is 659. The highest BCUT2D eigenvalue weighted by Crippen LogP contribution is 2.17. The van der Waals surface area contributed by atoms with Crippen LogP contribution < -0.4 is 11.1 Å². The second-order valence-corrected chi connectivity index (χ2v) is 4.66. The van der Waals surface area contributed by atoms with Gasteiger partial charge in [0.1, 0.15) is 11.9 Å². The number of anilines is 2. The maximum absolute atomic E-state index is 13.0. The fourth-order valence-electron chi connectivity index (χ4n) is 2.04. The monoisotopic (exact) mass is 269 g/mol. The minimum Gasteiger partial charge on any atom is -0.398 e. The van der Waals surface area contributed by atoms with E-state index in [2.05, 4.69) is 11.4 Å². The van der Waals surface area contributed by atoms with E-state index in [4.69, 9.17) is 11.0 Å². The summed E-state index contributed by atoms with van der Waals surface area (Å²) in [4.78, 5) is 0. The third-order valence-electron chi connectivity index (χ3n) is 3.20. The van der Waals surface area contributed by atoms with Gasteiger partial charge in [-0.3, -0.25) is 0 Å². The number of nitrogens with one attached hydrogen (secondary N) is 1. The maximum atomic E-state index is 13.0. The lowest BCUT2D eigenvalue weighted by Gasteiger charge is -2.09. The van der Waals surface area contributed by atoms with Crippen LogP contribution in [-0.2, 0) is 6.42 Å². The molecule has 0 fully saturated rings. The quantitative estimate of drug-likeness (QED) is 0.837. The summed E-state index contributed by atoms with van der Waals surface area (Å²) in [6.45, 7) is 2.61. The molecule has 0 bridgehead atoms. The molecule has 2 rings (SSSR count). The van der Waals surface area contributed by atoms with Gasteiger partial charge >= 0.3 is 0 Å². The zero-order valence-electron chi connectivity index (χ0n) is 11.3. The van der Waals surface area contributed by atoms with Gasteiger partial charge in [0.15, 0.2) is 0 Å². The van der Waals surface area contributed by atoms with Crippen molar-refractivity contribution >= 4 is 11.4 Å². The normalized spacial score (nSPS) is 10.1. The number of aryl methyl sites for hydroxylation is 1. The van der Waals surface area contributed by atoms with Crippen LogP contribution in [0.25, 0.3) is 0 Å². The Morgan fingerprint density at radius 2 is 2.05 bits per heavy atom. The molecular weight excluding hydrogens is 253 g/mol. The van der Waals surface area contributed by atoms with E-state index in [0.717, 1.165) is 23.2 Å². The highest BCUT2D eigenvalue weighted by Gasteiger charge is 2.02. The van der Waals surface area contributed by atoms with E-state index in [0.29, 0.717) is 17.8 Å². The molecule has 2 aromatic rings. The average molecular weight is 269 g/mol. The number of nitrogens with zero attached hydrogens (tertiary/aromatic N) is 1. The van der Waals surface area contributed by atoms with Gasteiger partial charge in [0.25, 0.3) is 0 Å². The van der Waals surface area contributed by atoms with Crippen LogP contribution in [0.5, 0.6) is 0 Å². The molecule has 0 unspecified atom stereocenters. The molecule has 0 heterocycles. The van der Waals surface area contributed by atoms with Gasteiger partial charge in [0, 0.05) is 17.9 Å². The maximum Gasteiger partial charge on any atom is 0.123 e. The van der Waals surface area contributed by atoms with Crippen LogP contribution in [0, 0.1) is 24.1 Å². The van der Waals surface area contributed by atoms with Gasteiger partial charge in [-0.2, -0.15) is 5.26 Å². The SMILES string of the molecule is Cc1cc(F)ccc1CCNc1ccc(N)c(C#N)c1. The molecule has 20 heavy (non-hydrogen) atoms. The molecule has 0 aliphatic heterocycles. The summed E-state index contributed by atoms with van der Waals surface area (Å²) in [7, 11) is 0. The number of hydrogen-bond acceptors (Lipinski definition) is 3. The highest BCUT2D eigenvalue weighted by atomic mass is 19.1. The molecule has 0 saturated carbocycles. The molecule has 0 aliphatic carbocycles. The van der Waals surface area contributed by atoms with Crippen molar-refractivity contribution in [1.29, 1.82) is 5.26 Å². The second kappa shape index (κ2) is 6.07. The first-order valence-electron chi connectivity index (χ1n) is 6.38. The number of rotatable bonds is 4. The van der Waals surface area contributed by atoms with Gasteiger partial charge in [-0.1, -0.05) is 6.07 Å². The molecule has 0 aromatic heterocycles. The Balaban J connectivity index is 1.98. The molecule has 0 aliphatic rings.